The second-order valence-corrected chi connectivity index (χ2v) is 5.45. The summed E-state index contributed by atoms with van der Waals surface area (Å²) in [6, 6.07) is 18.4. The van der Waals surface area contributed by atoms with Gasteiger partial charge < -0.3 is 10.4 Å². The molecule has 2 aromatic rings. The van der Waals surface area contributed by atoms with Gasteiger partial charge in [-0.2, -0.15) is 0 Å². The lowest BCUT2D eigenvalue weighted by Gasteiger charge is -2.12. The number of hydrogen-bond donors (Lipinski definition) is 2. The van der Waals surface area contributed by atoms with Crippen LogP contribution in [0.25, 0.3) is 0 Å². The molecule has 2 N–H and O–H groups in total. The lowest BCUT2D eigenvalue weighted by Crippen LogP contribution is -2.21. The SMILES string of the molecule is CC(C)c1ccc(CNC[C@@H](O)c2ccccc2)cc1. The molecular formula is C18H23NO. The summed E-state index contributed by atoms with van der Waals surface area (Å²) in [5, 5.41) is 13.4. The van der Waals surface area contributed by atoms with Crippen molar-refractivity contribution in [3.63, 3.8) is 0 Å². The van der Waals surface area contributed by atoms with Crippen molar-refractivity contribution in [1.29, 1.82) is 0 Å². The Labute approximate surface area is 121 Å². The minimum atomic E-state index is -0.453. The molecule has 0 saturated heterocycles. The fourth-order valence-electron chi connectivity index (χ4n) is 2.17. The monoisotopic (exact) mass is 269 g/mol. The molecule has 0 aliphatic heterocycles. The first-order valence-electron chi connectivity index (χ1n) is 7.19. The fourth-order valence-corrected chi connectivity index (χ4v) is 2.17. The van der Waals surface area contributed by atoms with Gasteiger partial charge in [0.05, 0.1) is 6.10 Å². The smallest absolute Gasteiger partial charge is 0.0914 e. The van der Waals surface area contributed by atoms with Crippen molar-refractivity contribution < 1.29 is 5.11 Å². The summed E-state index contributed by atoms with van der Waals surface area (Å²) < 4.78 is 0. The van der Waals surface area contributed by atoms with E-state index in [2.05, 4.69) is 43.4 Å². The first-order valence-corrected chi connectivity index (χ1v) is 7.19. The lowest BCUT2D eigenvalue weighted by atomic mass is 10.0. The van der Waals surface area contributed by atoms with E-state index in [1.54, 1.807) is 0 Å². The Morgan fingerprint density at radius 1 is 0.900 bits per heavy atom. The summed E-state index contributed by atoms with van der Waals surface area (Å²) in [4.78, 5) is 0. The number of rotatable bonds is 6. The summed E-state index contributed by atoms with van der Waals surface area (Å²) in [5.41, 5.74) is 3.56. The topological polar surface area (TPSA) is 32.3 Å². The van der Waals surface area contributed by atoms with Crippen molar-refractivity contribution in [1.82, 2.24) is 5.32 Å². The molecule has 2 rings (SSSR count). The molecule has 20 heavy (non-hydrogen) atoms. The van der Waals surface area contributed by atoms with Gasteiger partial charge in [0, 0.05) is 13.1 Å². The van der Waals surface area contributed by atoms with Crippen molar-refractivity contribution in [3.05, 3.63) is 71.3 Å². The molecule has 106 valence electrons. The number of aliphatic hydroxyl groups excluding tert-OH is 1. The Balaban J connectivity index is 1.81. The van der Waals surface area contributed by atoms with Gasteiger partial charge in [-0.05, 0) is 22.6 Å². The van der Waals surface area contributed by atoms with Crippen LogP contribution >= 0.6 is 0 Å². The minimum Gasteiger partial charge on any atom is -0.387 e. The first kappa shape index (κ1) is 14.8. The van der Waals surface area contributed by atoms with Crippen LogP contribution in [0.15, 0.2) is 54.6 Å². The van der Waals surface area contributed by atoms with E-state index in [4.69, 9.17) is 0 Å². The Hall–Kier alpha value is -1.64. The summed E-state index contributed by atoms with van der Waals surface area (Å²) in [5.74, 6) is 0.567. The van der Waals surface area contributed by atoms with Gasteiger partial charge in [0.25, 0.3) is 0 Å². The van der Waals surface area contributed by atoms with Crippen LogP contribution in [0.1, 0.15) is 42.6 Å². The van der Waals surface area contributed by atoms with Crippen molar-refractivity contribution in [2.24, 2.45) is 0 Å². The number of aliphatic hydroxyl groups is 1. The third-order valence-electron chi connectivity index (χ3n) is 3.50. The van der Waals surface area contributed by atoms with Gasteiger partial charge in [-0.3, -0.25) is 0 Å². The zero-order valence-corrected chi connectivity index (χ0v) is 12.2. The third kappa shape index (κ3) is 4.19. The zero-order valence-electron chi connectivity index (χ0n) is 12.2. The van der Waals surface area contributed by atoms with E-state index < -0.39 is 6.10 Å². The van der Waals surface area contributed by atoms with Gasteiger partial charge in [0.15, 0.2) is 0 Å². The largest absolute Gasteiger partial charge is 0.387 e. The van der Waals surface area contributed by atoms with Crippen LogP contribution in [0.5, 0.6) is 0 Å². The molecular weight excluding hydrogens is 246 g/mol. The van der Waals surface area contributed by atoms with E-state index in [0.717, 1.165) is 12.1 Å². The summed E-state index contributed by atoms with van der Waals surface area (Å²) in [7, 11) is 0. The van der Waals surface area contributed by atoms with Gasteiger partial charge in [-0.25, -0.2) is 0 Å². The summed E-state index contributed by atoms with van der Waals surface area (Å²) in [6.45, 7) is 5.74. The third-order valence-corrected chi connectivity index (χ3v) is 3.50. The fraction of sp³-hybridized carbons (Fsp3) is 0.333. The van der Waals surface area contributed by atoms with Gasteiger partial charge >= 0.3 is 0 Å². The molecule has 0 aliphatic carbocycles. The number of hydrogen-bond acceptors (Lipinski definition) is 2. The van der Waals surface area contributed by atoms with Gasteiger partial charge in [0.2, 0.25) is 0 Å². The van der Waals surface area contributed by atoms with Crippen LogP contribution in [-0.4, -0.2) is 11.7 Å². The van der Waals surface area contributed by atoms with Crippen molar-refractivity contribution >= 4 is 0 Å². The molecule has 0 amide bonds. The highest BCUT2D eigenvalue weighted by molar-refractivity contribution is 5.24. The van der Waals surface area contributed by atoms with Crippen molar-refractivity contribution in [2.75, 3.05) is 6.54 Å². The maximum absolute atomic E-state index is 10.1. The standard InChI is InChI=1S/C18H23NO/c1-14(2)16-10-8-15(9-11-16)12-19-13-18(20)17-6-4-3-5-7-17/h3-11,14,18-20H,12-13H2,1-2H3/t18-/m1/s1. The molecule has 0 unspecified atom stereocenters. The highest BCUT2D eigenvalue weighted by Crippen LogP contribution is 2.15. The van der Waals surface area contributed by atoms with E-state index in [9.17, 15) is 5.11 Å². The molecule has 0 spiro atoms. The van der Waals surface area contributed by atoms with E-state index in [1.165, 1.54) is 11.1 Å². The number of benzene rings is 2. The first-order chi connectivity index (χ1) is 9.66. The predicted octanol–water partition coefficient (Wildman–Crippen LogP) is 3.63. The Morgan fingerprint density at radius 3 is 2.15 bits per heavy atom. The molecule has 2 heteroatoms. The van der Waals surface area contributed by atoms with E-state index in [-0.39, 0.29) is 0 Å². The lowest BCUT2D eigenvalue weighted by molar-refractivity contribution is 0.174. The predicted molar refractivity (Wildman–Crippen MR) is 83.6 cm³/mol. The van der Waals surface area contributed by atoms with E-state index in [0.29, 0.717) is 12.5 Å². The molecule has 0 fully saturated rings. The summed E-state index contributed by atoms with van der Waals surface area (Å²) >= 11 is 0. The second-order valence-electron chi connectivity index (χ2n) is 5.45. The van der Waals surface area contributed by atoms with Gasteiger partial charge in [0.1, 0.15) is 0 Å². The quantitative estimate of drug-likeness (QED) is 0.839. The molecule has 0 aromatic heterocycles. The van der Waals surface area contributed by atoms with E-state index in [1.807, 2.05) is 30.3 Å². The second kappa shape index (κ2) is 7.22. The highest BCUT2D eigenvalue weighted by Gasteiger charge is 2.06. The molecule has 1 atom stereocenters. The average molecular weight is 269 g/mol. The van der Waals surface area contributed by atoms with Crippen LogP contribution in [0.3, 0.4) is 0 Å². The molecule has 2 aromatic carbocycles. The average Bonchev–Trinajstić information content (AvgIpc) is 2.48. The highest BCUT2D eigenvalue weighted by atomic mass is 16.3. The van der Waals surface area contributed by atoms with Gasteiger partial charge in [-0.1, -0.05) is 68.4 Å². The van der Waals surface area contributed by atoms with Crippen molar-refractivity contribution in [3.8, 4) is 0 Å². The molecule has 0 saturated carbocycles. The van der Waals surface area contributed by atoms with Crippen LogP contribution in [-0.2, 0) is 6.54 Å². The number of nitrogens with one attached hydrogen (secondary N) is 1. The molecule has 2 nitrogen and oxygen atoms in total. The molecule has 0 bridgehead atoms. The zero-order chi connectivity index (χ0) is 14.4. The van der Waals surface area contributed by atoms with Crippen molar-refractivity contribution in [2.45, 2.75) is 32.4 Å². The van der Waals surface area contributed by atoms with Crippen LogP contribution in [0.2, 0.25) is 0 Å². The van der Waals surface area contributed by atoms with Gasteiger partial charge in [-0.15, -0.1) is 0 Å². The Kier molecular flexibility index (Phi) is 5.33. The minimum absolute atomic E-state index is 0.453. The normalized spacial score (nSPS) is 12.6. The maximum atomic E-state index is 10.1. The molecule has 0 radical (unpaired) electrons. The van der Waals surface area contributed by atoms with Crippen LogP contribution < -0.4 is 5.32 Å². The molecule has 0 heterocycles. The summed E-state index contributed by atoms with van der Waals surface area (Å²) in [6.07, 6.45) is -0.453. The van der Waals surface area contributed by atoms with Crippen LogP contribution in [0, 0.1) is 0 Å². The maximum Gasteiger partial charge on any atom is 0.0914 e. The van der Waals surface area contributed by atoms with Crippen LogP contribution in [0.4, 0.5) is 0 Å². The Bertz CT molecular complexity index is 505. The van der Waals surface area contributed by atoms with E-state index >= 15 is 0 Å². The molecule has 0 aliphatic rings. The Morgan fingerprint density at radius 2 is 1.55 bits per heavy atom.